The fraction of sp³-hybridized carbons (Fsp3) is 0. The lowest BCUT2D eigenvalue weighted by molar-refractivity contribution is 0.673. The Balaban J connectivity index is 1.57. The Hall–Kier alpha value is -3.89. The molecule has 3 nitrogen and oxygen atoms in total. The minimum absolute atomic E-state index is 0.888. The van der Waals surface area contributed by atoms with E-state index in [1.54, 1.807) is 0 Å². The van der Waals surface area contributed by atoms with E-state index in [9.17, 15) is 0 Å². The summed E-state index contributed by atoms with van der Waals surface area (Å²) < 4.78 is 9.72. The summed E-state index contributed by atoms with van der Waals surface area (Å²) in [6.07, 6.45) is 1.85. The molecule has 7 rings (SSSR count). The fourth-order valence-corrected chi connectivity index (χ4v) is 5.26. The quantitative estimate of drug-likeness (QED) is 0.244. The number of nitrogens with zero attached hydrogens (tertiary/aromatic N) is 2. The van der Waals surface area contributed by atoms with E-state index in [1.165, 1.54) is 5.56 Å². The molecule has 3 heterocycles. The molecule has 0 saturated carbocycles. The van der Waals surface area contributed by atoms with Gasteiger partial charge in [-0.05, 0) is 65.7 Å². The molecule has 7 aromatic rings. The summed E-state index contributed by atoms with van der Waals surface area (Å²) in [5.41, 5.74) is 8.31. The van der Waals surface area contributed by atoms with Crippen LogP contribution in [-0.2, 0) is 0 Å². The van der Waals surface area contributed by atoms with Gasteiger partial charge in [-0.1, -0.05) is 58.4 Å². The van der Waals surface area contributed by atoms with Crippen molar-refractivity contribution in [3.8, 4) is 16.8 Å². The summed E-state index contributed by atoms with van der Waals surface area (Å²) in [5, 5.41) is 3.29. The van der Waals surface area contributed by atoms with Crippen LogP contribution in [0.1, 0.15) is 0 Å². The normalized spacial score (nSPS) is 11.8. The van der Waals surface area contributed by atoms with Gasteiger partial charge in [-0.25, -0.2) is 0 Å². The molecule has 3 aromatic heterocycles. The van der Waals surface area contributed by atoms with E-state index < -0.39 is 0 Å². The Morgan fingerprint density at radius 3 is 2.45 bits per heavy atom. The third kappa shape index (κ3) is 2.77. The lowest BCUT2D eigenvalue weighted by Gasteiger charge is -2.10. The standard InChI is InChI=1S/C29H17BrN2O/c30-20-8-3-6-18(16-20)19-7-4-9-21(17-19)32-24-14-13-23-22-10-1-2-12-26(22)33-29(23)27(24)28-25(32)11-5-15-31-28/h1-17H. The predicted molar refractivity (Wildman–Crippen MR) is 139 cm³/mol. The molecule has 0 bridgehead atoms. The van der Waals surface area contributed by atoms with Crippen LogP contribution in [0.15, 0.2) is 112 Å². The van der Waals surface area contributed by atoms with E-state index in [-0.39, 0.29) is 0 Å². The van der Waals surface area contributed by atoms with Crippen molar-refractivity contribution < 1.29 is 4.42 Å². The second-order valence-corrected chi connectivity index (χ2v) is 9.12. The van der Waals surface area contributed by atoms with E-state index in [1.807, 2.05) is 30.5 Å². The zero-order valence-electron chi connectivity index (χ0n) is 17.5. The van der Waals surface area contributed by atoms with Gasteiger partial charge in [0.1, 0.15) is 16.7 Å². The summed E-state index contributed by atoms with van der Waals surface area (Å²) in [4.78, 5) is 4.78. The van der Waals surface area contributed by atoms with Gasteiger partial charge in [0.05, 0.1) is 16.4 Å². The van der Waals surface area contributed by atoms with Crippen LogP contribution in [0.25, 0.3) is 60.7 Å². The summed E-state index contributed by atoms with van der Waals surface area (Å²) >= 11 is 3.60. The van der Waals surface area contributed by atoms with Crippen molar-refractivity contribution in [1.29, 1.82) is 0 Å². The lowest BCUT2D eigenvalue weighted by atomic mass is 10.1. The number of fused-ring (bicyclic) bond motifs is 7. The van der Waals surface area contributed by atoms with E-state index >= 15 is 0 Å². The van der Waals surface area contributed by atoms with Gasteiger partial charge >= 0.3 is 0 Å². The number of rotatable bonds is 2. The molecule has 4 heteroatoms. The number of aromatic nitrogens is 2. The molecule has 0 saturated heterocycles. The van der Waals surface area contributed by atoms with Crippen molar-refractivity contribution >= 4 is 59.8 Å². The first kappa shape index (κ1) is 18.7. The van der Waals surface area contributed by atoms with Gasteiger partial charge in [-0.2, -0.15) is 0 Å². The minimum Gasteiger partial charge on any atom is -0.455 e. The summed E-state index contributed by atoms with van der Waals surface area (Å²) in [7, 11) is 0. The van der Waals surface area contributed by atoms with Crippen molar-refractivity contribution in [2.24, 2.45) is 0 Å². The topological polar surface area (TPSA) is 31.0 Å². The predicted octanol–water partition coefficient (Wildman–Crippen LogP) is 8.51. The molecule has 0 aliphatic carbocycles. The smallest absolute Gasteiger partial charge is 0.147 e. The third-order valence-electron chi connectivity index (χ3n) is 6.29. The summed E-state index contributed by atoms with van der Waals surface area (Å²) in [6.45, 7) is 0. The molecular formula is C29H17BrN2O. The largest absolute Gasteiger partial charge is 0.455 e. The highest BCUT2D eigenvalue weighted by Crippen LogP contribution is 2.40. The van der Waals surface area contributed by atoms with Crippen molar-refractivity contribution in [3.05, 3.63) is 108 Å². The second kappa shape index (κ2) is 7.06. The first-order valence-corrected chi connectivity index (χ1v) is 11.6. The molecule has 156 valence electrons. The molecule has 0 fully saturated rings. The van der Waals surface area contributed by atoms with Gasteiger partial charge < -0.3 is 8.98 Å². The Labute approximate surface area is 198 Å². The fourth-order valence-electron chi connectivity index (χ4n) is 4.86. The maximum Gasteiger partial charge on any atom is 0.147 e. The maximum atomic E-state index is 6.37. The first-order chi connectivity index (χ1) is 16.3. The van der Waals surface area contributed by atoms with Crippen LogP contribution >= 0.6 is 15.9 Å². The minimum atomic E-state index is 0.888. The van der Waals surface area contributed by atoms with Crippen LogP contribution in [0.5, 0.6) is 0 Å². The van der Waals surface area contributed by atoms with E-state index in [0.717, 1.165) is 59.6 Å². The monoisotopic (exact) mass is 488 g/mol. The van der Waals surface area contributed by atoms with E-state index in [2.05, 4.69) is 93.3 Å². The zero-order valence-corrected chi connectivity index (χ0v) is 19.1. The molecule has 0 spiro atoms. The van der Waals surface area contributed by atoms with Crippen LogP contribution in [0.4, 0.5) is 0 Å². The number of furan rings is 1. The molecule has 0 aliphatic rings. The van der Waals surface area contributed by atoms with Crippen LogP contribution in [-0.4, -0.2) is 9.55 Å². The zero-order chi connectivity index (χ0) is 21.9. The maximum absolute atomic E-state index is 6.37. The molecule has 0 radical (unpaired) electrons. The Bertz CT molecular complexity index is 1840. The van der Waals surface area contributed by atoms with Crippen molar-refractivity contribution in [3.63, 3.8) is 0 Å². The summed E-state index contributed by atoms with van der Waals surface area (Å²) in [5.74, 6) is 0. The number of benzene rings is 4. The Morgan fingerprint density at radius 2 is 1.55 bits per heavy atom. The molecule has 0 aliphatic heterocycles. The van der Waals surface area contributed by atoms with Crippen molar-refractivity contribution in [1.82, 2.24) is 9.55 Å². The van der Waals surface area contributed by atoms with Crippen LogP contribution in [0, 0.1) is 0 Å². The van der Waals surface area contributed by atoms with Crippen LogP contribution < -0.4 is 0 Å². The molecule has 33 heavy (non-hydrogen) atoms. The molecule has 0 N–H and O–H groups in total. The third-order valence-corrected chi connectivity index (χ3v) is 6.79. The molecule has 0 unspecified atom stereocenters. The average Bonchev–Trinajstić information content (AvgIpc) is 3.40. The van der Waals surface area contributed by atoms with Crippen LogP contribution in [0.3, 0.4) is 0 Å². The number of pyridine rings is 1. The van der Waals surface area contributed by atoms with Crippen LogP contribution in [0.2, 0.25) is 0 Å². The number of para-hydroxylation sites is 1. The molecule has 0 amide bonds. The highest BCUT2D eigenvalue weighted by molar-refractivity contribution is 9.10. The lowest BCUT2D eigenvalue weighted by Crippen LogP contribution is -1.94. The van der Waals surface area contributed by atoms with Crippen molar-refractivity contribution in [2.45, 2.75) is 0 Å². The van der Waals surface area contributed by atoms with Gasteiger partial charge in [-0.15, -0.1) is 0 Å². The molecule has 4 aromatic carbocycles. The van der Waals surface area contributed by atoms with E-state index in [4.69, 9.17) is 9.40 Å². The average molecular weight is 489 g/mol. The Kier molecular flexibility index (Phi) is 3.99. The van der Waals surface area contributed by atoms with Gasteiger partial charge in [0.2, 0.25) is 0 Å². The highest BCUT2D eigenvalue weighted by atomic mass is 79.9. The molecule has 0 atom stereocenters. The number of halogens is 1. The number of hydrogen-bond donors (Lipinski definition) is 0. The first-order valence-electron chi connectivity index (χ1n) is 10.8. The summed E-state index contributed by atoms with van der Waals surface area (Å²) in [6, 6.07) is 33.7. The van der Waals surface area contributed by atoms with Gasteiger partial charge in [0.25, 0.3) is 0 Å². The second-order valence-electron chi connectivity index (χ2n) is 8.20. The van der Waals surface area contributed by atoms with E-state index in [0.29, 0.717) is 0 Å². The SMILES string of the molecule is Brc1cccc(-c2cccc(-n3c4cccnc4c4c5oc6ccccc6c5ccc43)c2)c1. The Morgan fingerprint density at radius 1 is 0.697 bits per heavy atom. The van der Waals surface area contributed by atoms with Gasteiger partial charge in [0, 0.05) is 27.1 Å². The number of hydrogen-bond acceptors (Lipinski definition) is 2. The van der Waals surface area contributed by atoms with Gasteiger partial charge in [-0.3, -0.25) is 4.98 Å². The van der Waals surface area contributed by atoms with Gasteiger partial charge in [0.15, 0.2) is 0 Å². The highest BCUT2D eigenvalue weighted by Gasteiger charge is 2.19. The molecular weight excluding hydrogens is 472 g/mol. The van der Waals surface area contributed by atoms with Crippen molar-refractivity contribution in [2.75, 3.05) is 0 Å².